The molecule has 2 N–H and O–H groups in total. The number of halogens is 1. The molecule has 3 rings (SSSR count). The largest absolute Gasteiger partial charge is 0.465 e. The van der Waals surface area contributed by atoms with Crippen LogP contribution in [-0.2, 0) is 16.0 Å². The van der Waals surface area contributed by atoms with Crippen LogP contribution in [0.1, 0.15) is 45.1 Å². The molecule has 3 aromatic rings. The molecule has 0 amide bonds. The molecule has 0 bridgehead atoms. The van der Waals surface area contributed by atoms with Crippen LogP contribution >= 0.6 is 12.4 Å². The van der Waals surface area contributed by atoms with Gasteiger partial charge in [-0.2, -0.15) is 0 Å². The summed E-state index contributed by atoms with van der Waals surface area (Å²) >= 11 is 0. The number of carbonyl (C=O) groups is 2. The summed E-state index contributed by atoms with van der Waals surface area (Å²) in [5.41, 5.74) is 1.82. The van der Waals surface area contributed by atoms with Crippen molar-refractivity contribution in [2.24, 2.45) is 0 Å². The molecular weight excluding hydrogens is 434 g/mol. The van der Waals surface area contributed by atoms with Crippen molar-refractivity contribution in [2.75, 3.05) is 14.2 Å². The van der Waals surface area contributed by atoms with Crippen LogP contribution in [0.25, 0.3) is 11.3 Å². The number of rotatable bonds is 8. The fraction of sp³-hybridized carbons (Fsp3) is 0.250. The molecule has 0 fully saturated rings. The minimum Gasteiger partial charge on any atom is -0.465 e. The Balaban J connectivity index is 0.00000363. The lowest BCUT2D eigenvalue weighted by Crippen LogP contribution is -2.31. The molecule has 1 aromatic heterocycles. The van der Waals surface area contributed by atoms with E-state index in [-0.39, 0.29) is 29.6 Å². The number of benzene rings is 2. The van der Waals surface area contributed by atoms with Gasteiger partial charge in [0, 0.05) is 11.6 Å². The molecule has 0 aliphatic rings. The van der Waals surface area contributed by atoms with Gasteiger partial charge in [-0.1, -0.05) is 30.3 Å². The van der Waals surface area contributed by atoms with Crippen molar-refractivity contribution < 1.29 is 28.6 Å². The van der Waals surface area contributed by atoms with Gasteiger partial charge in [0.25, 0.3) is 0 Å². The SMILES string of the molecule is COC(=O)c1cc(C(=O)OC)cc(-c2ccc(CNC(C)C(O)c3ccccc3)o2)c1.Cl. The van der Waals surface area contributed by atoms with Crippen LogP contribution in [0.5, 0.6) is 0 Å². The Bertz CT molecular complexity index is 1020. The van der Waals surface area contributed by atoms with Gasteiger partial charge in [-0.25, -0.2) is 9.59 Å². The topological polar surface area (TPSA) is 98.0 Å². The van der Waals surface area contributed by atoms with E-state index in [0.717, 1.165) is 5.56 Å². The second-order valence-corrected chi connectivity index (χ2v) is 7.07. The number of aliphatic hydroxyl groups excluding tert-OH is 1. The lowest BCUT2D eigenvalue weighted by molar-refractivity contribution is 0.0599. The Labute approximate surface area is 192 Å². The molecule has 2 unspecified atom stereocenters. The lowest BCUT2D eigenvalue weighted by atomic mass is 10.0. The van der Waals surface area contributed by atoms with Gasteiger partial charge in [0.15, 0.2) is 0 Å². The molecule has 2 aromatic carbocycles. The second kappa shape index (κ2) is 11.5. The summed E-state index contributed by atoms with van der Waals surface area (Å²) < 4.78 is 15.4. The molecule has 0 radical (unpaired) electrons. The monoisotopic (exact) mass is 459 g/mol. The van der Waals surface area contributed by atoms with Crippen molar-refractivity contribution >= 4 is 24.3 Å². The highest BCUT2D eigenvalue weighted by Gasteiger charge is 2.18. The van der Waals surface area contributed by atoms with Gasteiger partial charge >= 0.3 is 11.9 Å². The molecule has 0 aliphatic carbocycles. The fourth-order valence-electron chi connectivity index (χ4n) is 3.18. The van der Waals surface area contributed by atoms with Crippen LogP contribution in [0.4, 0.5) is 0 Å². The van der Waals surface area contributed by atoms with E-state index in [4.69, 9.17) is 13.9 Å². The van der Waals surface area contributed by atoms with Crippen LogP contribution in [-0.4, -0.2) is 37.3 Å². The van der Waals surface area contributed by atoms with Crippen LogP contribution in [0.3, 0.4) is 0 Å². The molecule has 0 saturated heterocycles. The van der Waals surface area contributed by atoms with E-state index in [1.54, 1.807) is 24.3 Å². The van der Waals surface area contributed by atoms with Gasteiger partial charge in [0.05, 0.1) is 38.0 Å². The summed E-state index contributed by atoms with van der Waals surface area (Å²) in [5, 5.41) is 13.7. The van der Waals surface area contributed by atoms with Gasteiger partial charge in [-0.3, -0.25) is 0 Å². The van der Waals surface area contributed by atoms with Crippen molar-refractivity contribution in [1.82, 2.24) is 5.32 Å². The summed E-state index contributed by atoms with van der Waals surface area (Å²) in [6.45, 7) is 2.29. The molecule has 32 heavy (non-hydrogen) atoms. The summed E-state index contributed by atoms with van der Waals surface area (Å²) in [5.74, 6) is 0.00233. The highest BCUT2D eigenvalue weighted by molar-refractivity contribution is 5.97. The molecule has 7 nitrogen and oxygen atoms in total. The molecule has 0 spiro atoms. The quantitative estimate of drug-likeness (QED) is 0.488. The van der Waals surface area contributed by atoms with Gasteiger partial charge in [-0.15, -0.1) is 12.4 Å². The number of furan rings is 1. The van der Waals surface area contributed by atoms with Crippen molar-refractivity contribution in [2.45, 2.75) is 25.6 Å². The summed E-state index contributed by atoms with van der Waals surface area (Å²) in [4.78, 5) is 24.0. The number of carbonyl (C=O) groups excluding carboxylic acids is 2. The van der Waals surface area contributed by atoms with Gasteiger partial charge in [0.1, 0.15) is 11.5 Å². The summed E-state index contributed by atoms with van der Waals surface area (Å²) in [6.07, 6.45) is -0.657. The van der Waals surface area contributed by atoms with E-state index in [1.807, 2.05) is 37.3 Å². The average Bonchev–Trinajstić information content (AvgIpc) is 3.30. The standard InChI is InChI=1S/C24H25NO6.ClH/c1-15(22(26)16-7-5-4-6-8-16)25-14-20-9-10-21(31-20)17-11-18(23(27)29-2)13-19(12-17)24(28)30-3;/h4-13,15,22,25-26H,14H2,1-3H3;1H. The third-order valence-electron chi connectivity index (χ3n) is 4.93. The van der Waals surface area contributed by atoms with E-state index in [2.05, 4.69) is 5.32 Å². The Hall–Kier alpha value is -3.13. The highest BCUT2D eigenvalue weighted by Crippen LogP contribution is 2.26. The van der Waals surface area contributed by atoms with Crippen molar-refractivity contribution in [3.8, 4) is 11.3 Å². The predicted molar refractivity (Wildman–Crippen MR) is 122 cm³/mol. The zero-order valence-corrected chi connectivity index (χ0v) is 18.8. The van der Waals surface area contributed by atoms with E-state index in [0.29, 0.717) is 23.6 Å². The molecule has 1 heterocycles. The first-order chi connectivity index (χ1) is 14.9. The maximum atomic E-state index is 12.0. The zero-order chi connectivity index (χ0) is 22.4. The first kappa shape index (κ1) is 25.1. The number of nitrogens with one attached hydrogen (secondary N) is 1. The van der Waals surface area contributed by atoms with Gasteiger partial charge in [0.2, 0.25) is 0 Å². The Morgan fingerprint density at radius 3 is 2.12 bits per heavy atom. The highest BCUT2D eigenvalue weighted by atomic mass is 35.5. The second-order valence-electron chi connectivity index (χ2n) is 7.07. The number of methoxy groups -OCH3 is 2. The van der Waals surface area contributed by atoms with E-state index in [9.17, 15) is 14.7 Å². The van der Waals surface area contributed by atoms with E-state index < -0.39 is 18.0 Å². The Morgan fingerprint density at radius 1 is 0.969 bits per heavy atom. The first-order valence-corrected chi connectivity index (χ1v) is 9.80. The van der Waals surface area contributed by atoms with E-state index in [1.165, 1.54) is 20.3 Å². The molecule has 0 saturated carbocycles. The van der Waals surface area contributed by atoms with Crippen molar-refractivity contribution in [1.29, 1.82) is 0 Å². The molecule has 0 aliphatic heterocycles. The fourth-order valence-corrected chi connectivity index (χ4v) is 3.18. The van der Waals surface area contributed by atoms with Crippen molar-refractivity contribution in [3.05, 3.63) is 83.1 Å². The normalized spacial score (nSPS) is 12.4. The van der Waals surface area contributed by atoms with Crippen LogP contribution in [0.2, 0.25) is 0 Å². The number of hydrogen-bond acceptors (Lipinski definition) is 7. The first-order valence-electron chi connectivity index (χ1n) is 9.80. The minimum absolute atomic E-state index is 0. The zero-order valence-electron chi connectivity index (χ0n) is 18.0. The van der Waals surface area contributed by atoms with Gasteiger partial charge in [-0.05, 0) is 42.8 Å². The third-order valence-corrected chi connectivity index (χ3v) is 4.93. The molecule has 8 heteroatoms. The third kappa shape index (κ3) is 5.97. The smallest absolute Gasteiger partial charge is 0.337 e. The average molecular weight is 460 g/mol. The van der Waals surface area contributed by atoms with Crippen LogP contribution in [0.15, 0.2) is 65.1 Å². The maximum absolute atomic E-state index is 12.0. The number of ether oxygens (including phenoxy) is 2. The Morgan fingerprint density at radius 2 is 1.56 bits per heavy atom. The van der Waals surface area contributed by atoms with Crippen molar-refractivity contribution in [3.63, 3.8) is 0 Å². The Kier molecular flexibility index (Phi) is 9.02. The number of esters is 2. The predicted octanol–water partition coefficient (Wildman–Crippen LogP) is 4.15. The molecule has 170 valence electrons. The summed E-state index contributed by atoms with van der Waals surface area (Å²) in [6, 6.07) is 17.4. The number of aliphatic hydroxyl groups is 1. The number of hydrogen-bond donors (Lipinski definition) is 2. The minimum atomic E-state index is -0.657. The molecule has 2 atom stereocenters. The van der Waals surface area contributed by atoms with E-state index >= 15 is 0 Å². The van der Waals surface area contributed by atoms with Crippen LogP contribution in [0, 0.1) is 0 Å². The lowest BCUT2D eigenvalue weighted by Gasteiger charge is -2.20. The van der Waals surface area contributed by atoms with Gasteiger partial charge < -0.3 is 24.3 Å². The van der Waals surface area contributed by atoms with Crippen LogP contribution < -0.4 is 5.32 Å². The maximum Gasteiger partial charge on any atom is 0.337 e. The summed E-state index contributed by atoms with van der Waals surface area (Å²) in [7, 11) is 2.54. The molecular formula is C24H26ClNO6.